The molecule has 1 N–H and O–H groups in total. The Morgan fingerprint density at radius 2 is 2.10 bits per heavy atom. The second-order valence-electron chi connectivity index (χ2n) is 7.01. The zero-order chi connectivity index (χ0) is 20.8. The van der Waals surface area contributed by atoms with Crippen LogP contribution in [0.25, 0.3) is 0 Å². The van der Waals surface area contributed by atoms with Crippen LogP contribution < -0.4 is 5.32 Å². The molecule has 0 bridgehead atoms. The van der Waals surface area contributed by atoms with E-state index in [2.05, 4.69) is 5.32 Å². The van der Waals surface area contributed by atoms with Crippen LogP contribution in [0.2, 0.25) is 0 Å². The molecule has 1 aliphatic heterocycles. The lowest BCUT2D eigenvalue weighted by Gasteiger charge is -2.35. The summed E-state index contributed by atoms with van der Waals surface area (Å²) in [5.74, 6) is -0.649. The van der Waals surface area contributed by atoms with Crippen LogP contribution in [-0.4, -0.2) is 53.6 Å². The maximum Gasteiger partial charge on any atom is 0.270 e. The van der Waals surface area contributed by atoms with E-state index in [1.807, 2.05) is 6.07 Å². The van der Waals surface area contributed by atoms with Gasteiger partial charge in [0, 0.05) is 26.3 Å². The summed E-state index contributed by atoms with van der Waals surface area (Å²) in [6, 6.07) is 9.28. The van der Waals surface area contributed by atoms with E-state index in [0.717, 1.165) is 5.56 Å². The number of morpholine rings is 1. The van der Waals surface area contributed by atoms with Gasteiger partial charge in [-0.3, -0.25) is 9.59 Å². The van der Waals surface area contributed by atoms with Gasteiger partial charge in [0.15, 0.2) is 0 Å². The van der Waals surface area contributed by atoms with E-state index >= 15 is 0 Å². The molecule has 3 rings (SSSR count). The Morgan fingerprint density at radius 3 is 2.79 bits per heavy atom. The lowest BCUT2D eigenvalue weighted by atomic mass is 10.1. The minimum atomic E-state index is -0.337. The van der Waals surface area contributed by atoms with Gasteiger partial charge in [0.2, 0.25) is 5.91 Å². The molecule has 1 aromatic carbocycles. The number of amides is 2. The quantitative estimate of drug-likeness (QED) is 0.801. The summed E-state index contributed by atoms with van der Waals surface area (Å²) >= 11 is 0. The van der Waals surface area contributed by atoms with Crippen molar-refractivity contribution in [3.63, 3.8) is 0 Å². The molecule has 7 nitrogen and oxygen atoms in total. The van der Waals surface area contributed by atoms with E-state index < -0.39 is 0 Å². The third kappa shape index (κ3) is 5.21. The maximum atomic E-state index is 12.9. The summed E-state index contributed by atoms with van der Waals surface area (Å²) in [6.07, 6.45) is 2.35. The Kier molecular flexibility index (Phi) is 6.62. The van der Waals surface area contributed by atoms with Crippen LogP contribution in [0, 0.1) is 17.1 Å². The van der Waals surface area contributed by atoms with Crippen LogP contribution >= 0.6 is 0 Å². The summed E-state index contributed by atoms with van der Waals surface area (Å²) in [5.41, 5.74) is 1.63. The predicted molar refractivity (Wildman–Crippen MR) is 104 cm³/mol. The van der Waals surface area contributed by atoms with Gasteiger partial charge in [0.1, 0.15) is 17.6 Å². The van der Waals surface area contributed by atoms with Gasteiger partial charge in [0.25, 0.3) is 5.91 Å². The number of nitrogens with one attached hydrogen (secondary N) is 1. The number of carbonyl (C=O) groups excluding carboxylic acids is 2. The first kappa shape index (κ1) is 20.6. The normalized spacial score (nSPS) is 16.3. The molecule has 2 heterocycles. The number of nitriles is 1. The van der Waals surface area contributed by atoms with Crippen molar-refractivity contribution < 1.29 is 18.7 Å². The highest BCUT2D eigenvalue weighted by atomic mass is 19.1. The van der Waals surface area contributed by atoms with Crippen molar-refractivity contribution in [1.82, 2.24) is 14.8 Å². The Hall–Kier alpha value is -3.18. The number of benzene rings is 1. The number of aryl methyl sites for hydroxylation is 1. The molecule has 29 heavy (non-hydrogen) atoms. The molecule has 0 spiro atoms. The summed E-state index contributed by atoms with van der Waals surface area (Å²) < 4.78 is 20.1. The van der Waals surface area contributed by atoms with E-state index in [4.69, 9.17) is 10.00 Å². The van der Waals surface area contributed by atoms with E-state index in [0.29, 0.717) is 44.0 Å². The highest BCUT2D eigenvalue weighted by Gasteiger charge is 2.29. The first-order valence-electron chi connectivity index (χ1n) is 9.44. The molecule has 1 fully saturated rings. The lowest BCUT2D eigenvalue weighted by Crippen LogP contribution is -2.50. The van der Waals surface area contributed by atoms with Crippen LogP contribution in [0.4, 0.5) is 4.39 Å². The van der Waals surface area contributed by atoms with Gasteiger partial charge in [-0.2, -0.15) is 5.26 Å². The first-order valence-corrected chi connectivity index (χ1v) is 9.44. The number of carbonyl (C=O) groups is 2. The van der Waals surface area contributed by atoms with Crippen LogP contribution in [-0.2, 0) is 23.0 Å². The minimum absolute atomic E-state index is 0.153. The molecule has 1 aromatic heterocycles. The van der Waals surface area contributed by atoms with Crippen molar-refractivity contribution >= 4 is 11.8 Å². The summed E-state index contributed by atoms with van der Waals surface area (Å²) in [4.78, 5) is 26.8. The number of rotatable bonds is 6. The standard InChI is InChI=1S/C21H23FN4O3/c1-25-13-16(12-23)10-19(25)21(28)26-8-9-29-14-18(26)6-7-24-20(27)11-15-2-4-17(22)5-3-15/h2-5,10,13,18H,6-9,11,14H2,1H3,(H,24,27). The molecule has 1 aliphatic rings. The third-order valence-corrected chi connectivity index (χ3v) is 4.92. The van der Waals surface area contributed by atoms with Crippen molar-refractivity contribution in [3.05, 3.63) is 59.2 Å². The zero-order valence-corrected chi connectivity index (χ0v) is 16.2. The molecule has 0 aliphatic carbocycles. The Morgan fingerprint density at radius 1 is 1.34 bits per heavy atom. The zero-order valence-electron chi connectivity index (χ0n) is 16.2. The van der Waals surface area contributed by atoms with Gasteiger partial charge >= 0.3 is 0 Å². The van der Waals surface area contributed by atoms with Crippen molar-refractivity contribution in [1.29, 1.82) is 5.26 Å². The van der Waals surface area contributed by atoms with Crippen LogP contribution in [0.3, 0.4) is 0 Å². The number of ether oxygens (including phenoxy) is 1. The molecule has 1 saturated heterocycles. The monoisotopic (exact) mass is 398 g/mol. The van der Waals surface area contributed by atoms with Gasteiger partial charge in [-0.25, -0.2) is 4.39 Å². The van der Waals surface area contributed by atoms with Gasteiger partial charge < -0.3 is 19.5 Å². The fraction of sp³-hybridized carbons (Fsp3) is 0.381. The summed E-state index contributed by atoms with van der Waals surface area (Å²) in [6.45, 7) is 1.71. The molecule has 1 atom stereocenters. The summed E-state index contributed by atoms with van der Waals surface area (Å²) in [5, 5.41) is 11.9. The van der Waals surface area contributed by atoms with Crippen LogP contribution in [0.5, 0.6) is 0 Å². The fourth-order valence-electron chi connectivity index (χ4n) is 3.38. The average Bonchev–Trinajstić information content (AvgIpc) is 3.10. The molecule has 152 valence electrons. The van der Waals surface area contributed by atoms with Gasteiger partial charge in [-0.1, -0.05) is 12.1 Å². The van der Waals surface area contributed by atoms with Crippen molar-refractivity contribution in [2.45, 2.75) is 18.9 Å². The van der Waals surface area contributed by atoms with Crippen molar-refractivity contribution in [2.75, 3.05) is 26.3 Å². The number of hydrogen-bond acceptors (Lipinski definition) is 4. The van der Waals surface area contributed by atoms with E-state index in [9.17, 15) is 14.0 Å². The van der Waals surface area contributed by atoms with E-state index in [-0.39, 0.29) is 30.1 Å². The maximum absolute atomic E-state index is 12.9. The predicted octanol–water partition coefficient (Wildman–Crippen LogP) is 1.63. The van der Waals surface area contributed by atoms with E-state index in [1.54, 1.807) is 40.9 Å². The molecule has 0 saturated carbocycles. The fourth-order valence-corrected chi connectivity index (χ4v) is 3.38. The Bertz CT molecular complexity index is 917. The first-order chi connectivity index (χ1) is 14.0. The number of hydrogen-bond donors (Lipinski definition) is 1. The number of halogens is 1. The van der Waals surface area contributed by atoms with Crippen LogP contribution in [0.15, 0.2) is 36.5 Å². The largest absolute Gasteiger partial charge is 0.377 e. The highest BCUT2D eigenvalue weighted by molar-refractivity contribution is 5.93. The molecular weight excluding hydrogens is 375 g/mol. The molecule has 2 aromatic rings. The third-order valence-electron chi connectivity index (χ3n) is 4.92. The Labute approximate surface area is 168 Å². The SMILES string of the molecule is Cn1cc(C#N)cc1C(=O)N1CCOCC1CCNC(=O)Cc1ccc(F)cc1. The lowest BCUT2D eigenvalue weighted by molar-refractivity contribution is -0.120. The molecule has 0 radical (unpaired) electrons. The van der Waals surface area contributed by atoms with Gasteiger partial charge in [-0.05, 0) is 30.2 Å². The number of aromatic nitrogens is 1. The van der Waals surface area contributed by atoms with Crippen molar-refractivity contribution in [3.8, 4) is 6.07 Å². The average molecular weight is 398 g/mol. The highest BCUT2D eigenvalue weighted by Crippen LogP contribution is 2.16. The molecular formula is C21H23FN4O3. The number of nitrogens with zero attached hydrogens (tertiary/aromatic N) is 3. The topological polar surface area (TPSA) is 87.4 Å². The van der Waals surface area contributed by atoms with Crippen molar-refractivity contribution in [2.24, 2.45) is 7.05 Å². The van der Waals surface area contributed by atoms with E-state index in [1.165, 1.54) is 12.1 Å². The second-order valence-corrected chi connectivity index (χ2v) is 7.01. The minimum Gasteiger partial charge on any atom is -0.377 e. The Balaban J connectivity index is 1.55. The smallest absolute Gasteiger partial charge is 0.270 e. The molecule has 2 amide bonds. The second kappa shape index (κ2) is 9.34. The van der Waals surface area contributed by atoms with Gasteiger partial charge in [0.05, 0.1) is 31.2 Å². The molecule has 1 unspecified atom stereocenters. The van der Waals surface area contributed by atoms with Gasteiger partial charge in [-0.15, -0.1) is 0 Å². The van der Waals surface area contributed by atoms with Crippen LogP contribution in [0.1, 0.15) is 28.0 Å². The summed E-state index contributed by atoms with van der Waals surface area (Å²) in [7, 11) is 1.74. The molecule has 8 heteroatoms.